The molecule has 188 valence electrons. The number of likely N-dealkylation sites (tertiary alicyclic amines) is 1. The minimum Gasteiger partial charge on any atom is -0.369 e. The molecule has 6 nitrogen and oxygen atoms in total. The number of hydrogen-bond donors (Lipinski definition) is 1. The maximum atomic E-state index is 14.4. The van der Waals surface area contributed by atoms with Crippen molar-refractivity contribution in [2.45, 2.75) is 24.3 Å². The summed E-state index contributed by atoms with van der Waals surface area (Å²) in [5.41, 5.74) is 7.92. The lowest BCUT2D eigenvalue weighted by atomic mass is 9.96. The summed E-state index contributed by atoms with van der Waals surface area (Å²) in [6.07, 6.45) is 2.95. The van der Waals surface area contributed by atoms with Crippen molar-refractivity contribution in [2.75, 3.05) is 18.0 Å². The van der Waals surface area contributed by atoms with Crippen LogP contribution >= 0.6 is 11.8 Å². The Morgan fingerprint density at radius 1 is 0.973 bits per heavy atom. The van der Waals surface area contributed by atoms with Crippen LogP contribution in [0.2, 0.25) is 0 Å². The summed E-state index contributed by atoms with van der Waals surface area (Å²) in [7, 11) is 0. The van der Waals surface area contributed by atoms with Gasteiger partial charge in [0.15, 0.2) is 0 Å². The molecule has 8 heteroatoms. The molecule has 2 heterocycles. The van der Waals surface area contributed by atoms with E-state index in [2.05, 4.69) is 0 Å². The molecule has 0 bridgehead atoms. The van der Waals surface area contributed by atoms with Crippen molar-refractivity contribution < 1.29 is 18.8 Å². The first kappa shape index (κ1) is 24.8. The number of anilines is 1. The molecule has 2 aliphatic heterocycles. The number of nitrogens with two attached hydrogens (primary N) is 1. The number of hydrogen-bond acceptors (Lipinski definition) is 4. The van der Waals surface area contributed by atoms with Gasteiger partial charge in [0.05, 0.1) is 17.1 Å². The lowest BCUT2D eigenvalue weighted by Gasteiger charge is -2.31. The molecule has 2 N–H and O–H groups in total. The highest BCUT2D eigenvalue weighted by atomic mass is 32.2. The van der Waals surface area contributed by atoms with Crippen molar-refractivity contribution in [1.82, 2.24) is 4.90 Å². The average Bonchev–Trinajstić information content (AvgIpc) is 2.92. The van der Waals surface area contributed by atoms with E-state index in [1.54, 1.807) is 46.2 Å². The van der Waals surface area contributed by atoms with E-state index in [9.17, 15) is 18.8 Å². The Kier molecular flexibility index (Phi) is 7.10. The van der Waals surface area contributed by atoms with E-state index in [0.29, 0.717) is 42.0 Å². The van der Waals surface area contributed by atoms with Gasteiger partial charge in [0.1, 0.15) is 5.82 Å². The summed E-state index contributed by atoms with van der Waals surface area (Å²) in [5.74, 6) is -1.13. The molecule has 0 spiro atoms. The maximum absolute atomic E-state index is 14.4. The third kappa shape index (κ3) is 5.29. The van der Waals surface area contributed by atoms with Crippen molar-refractivity contribution in [3.8, 4) is 0 Å². The molecule has 5 rings (SSSR count). The van der Waals surface area contributed by atoms with Gasteiger partial charge in [-0.25, -0.2) is 4.39 Å². The summed E-state index contributed by atoms with van der Waals surface area (Å²) in [4.78, 5) is 42.6. The summed E-state index contributed by atoms with van der Waals surface area (Å²) >= 11 is 1.38. The largest absolute Gasteiger partial charge is 0.369 e. The lowest BCUT2D eigenvalue weighted by Crippen LogP contribution is -2.41. The van der Waals surface area contributed by atoms with Crippen LogP contribution in [-0.4, -0.2) is 35.7 Å². The number of carbonyl (C=O) groups excluding carboxylic acids is 3. The summed E-state index contributed by atoms with van der Waals surface area (Å²) in [5, 5.41) is 0. The first-order valence-corrected chi connectivity index (χ1v) is 12.9. The number of halogens is 1. The molecule has 0 unspecified atom stereocenters. The van der Waals surface area contributed by atoms with Crippen LogP contribution < -0.4 is 10.6 Å². The second kappa shape index (κ2) is 10.6. The van der Waals surface area contributed by atoms with Gasteiger partial charge in [-0.2, -0.15) is 0 Å². The van der Waals surface area contributed by atoms with Crippen LogP contribution in [0.3, 0.4) is 0 Å². The van der Waals surface area contributed by atoms with Crippen LogP contribution in [0.1, 0.15) is 34.3 Å². The fourth-order valence-corrected chi connectivity index (χ4v) is 5.70. The van der Waals surface area contributed by atoms with Gasteiger partial charge in [0.25, 0.3) is 11.8 Å². The van der Waals surface area contributed by atoms with Crippen LogP contribution in [-0.2, 0) is 16.1 Å². The second-order valence-electron chi connectivity index (χ2n) is 9.15. The fourth-order valence-electron chi connectivity index (χ4n) is 4.64. The average molecular weight is 516 g/mol. The molecule has 37 heavy (non-hydrogen) atoms. The van der Waals surface area contributed by atoms with Gasteiger partial charge in [-0.1, -0.05) is 54.2 Å². The molecule has 0 aromatic heterocycles. The molecule has 0 saturated carbocycles. The number of nitrogens with zero attached hydrogens (tertiary/aromatic N) is 2. The zero-order valence-electron chi connectivity index (χ0n) is 20.1. The van der Waals surface area contributed by atoms with Crippen molar-refractivity contribution >= 4 is 41.2 Å². The van der Waals surface area contributed by atoms with E-state index in [1.165, 1.54) is 17.8 Å². The van der Waals surface area contributed by atoms with Gasteiger partial charge in [-0.3, -0.25) is 14.4 Å². The quantitative estimate of drug-likeness (QED) is 0.493. The number of para-hydroxylation sites is 1. The third-order valence-corrected chi connectivity index (χ3v) is 7.84. The normalized spacial score (nSPS) is 17.1. The topological polar surface area (TPSA) is 83.7 Å². The Morgan fingerprint density at radius 3 is 2.35 bits per heavy atom. The molecular formula is C29H26FN3O3S. The Bertz CT molecular complexity index is 1380. The van der Waals surface area contributed by atoms with E-state index in [0.717, 1.165) is 16.1 Å². The van der Waals surface area contributed by atoms with Crippen molar-refractivity contribution in [3.63, 3.8) is 0 Å². The molecular weight excluding hydrogens is 489 g/mol. The van der Waals surface area contributed by atoms with Crippen LogP contribution in [0.25, 0.3) is 6.08 Å². The Morgan fingerprint density at radius 2 is 1.65 bits per heavy atom. The van der Waals surface area contributed by atoms with Crippen molar-refractivity contribution in [1.29, 1.82) is 0 Å². The summed E-state index contributed by atoms with van der Waals surface area (Å²) in [6, 6.07) is 21.2. The van der Waals surface area contributed by atoms with Gasteiger partial charge in [-0.15, -0.1) is 0 Å². The Balaban J connectivity index is 1.35. The fraction of sp³-hybridized carbons (Fsp3) is 0.207. The number of piperidine rings is 1. The predicted molar refractivity (Wildman–Crippen MR) is 142 cm³/mol. The molecule has 3 aromatic carbocycles. The zero-order chi connectivity index (χ0) is 25.9. The van der Waals surface area contributed by atoms with Crippen molar-refractivity contribution in [3.05, 3.63) is 100 Å². The first-order chi connectivity index (χ1) is 17.9. The Labute approximate surface area is 218 Å². The highest BCUT2D eigenvalue weighted by Gasteiger charge is 2.30. The Hall–Kier alpha value is -3.91. The highest BCUT2D eigenvalue weighted by Crippen LogP contribution is 2.42. The summed E-state index contributed by atoms with van der Waals surface area (Å²) in [6.45, 7) is 1.13. The molecule has 3 amide bonds. The number of benzene rings is 3. The standard InChI is InChI=1S/C29H26FN3O3S/c30-23-6-2-1-5-22(23)18-33-24-7-3-4-8-25(24)37-26(29(33)36)17-19-9-11-21(12-10-19)28(35)32-15-13-20(14-16-32)27(31)34/h1-12,17,20H,13-16,18H2,(H2,31,34). The lowest BCUT2D eigenvalue weighted by molar-refractivity contribution is -0.123. The van der Waals surface area contributed by atoms with E-state index < -0.39 is 0 Å². The van der Waals surface area contributed by atoms with Crippen LogP contribution in [0.15, 0.2) is 82.6 Å². The van der Waals surface area contributed by atoms with E-state index in [-0.39, 0.29) is 36.0 Å². The van der Waals surface area contributed by atoms with Gasteiger partial charge in [0, 0.05) is 35.0 Å². The molecule has 2 aliphatic rings. The van der Waals surface area contributed by atoms with Crippen LogP contribution in [0.4, 0.5) is 10.1 Å². The number of amides is 3. The minimum absolute atomic E-state index is 0.0877. The zero-order valence-corrected chi connectivity index (χ0v) is 20.9. The minimum atomic E-state index is -0.351. The van der Waals surface area contributed by atoms with Gasteiger partial charge < -0.3 is 15.5 Å². The smallest absolute Gasteiger partial charge is 0.265 e. The molecule has 1 fully saturated rings. The van der Waals surface area contributed by atoms with E-state index >= 15 is 0 Å². The first-order valence-electron chi connectivity index (χ1n) is 12.1. The summed E-state index contributed by atoms with van der Waals surface area (Å²) < 4.78 is 14.4. The number of fused-ring (bicyclic) bond motifs is 1. The second-order valence-corrected chi connectivity index (χ2v) is 10.2. The molecule has 0 aliphatic carbocycles. The predicted octanol–water partition coefficient (Wildman–Crippen LogP) is 4.84. The molecule has 1 saturated heterocycles. The van der Waals surface area contributed by atoms with E-state index in [1.807, 2.05) is 36.4 Å². The van der Waals surface area contributed by atoms with Crippen LogP contribution in [0.5, 0.6) is 0 Å². The molecule has 0 atom stereocenters. The van der Waals surface area contributed by atoms with Gasteiger partial charge in [0.2, 0.25) is 5.91 Å². The maximum Gasteiger partial charge on any atom is 0.265 e. The highest BCUT2D eigenvalue weighted by molar-refractivity contribution is 8.04. The number of primary amides is 1. The van der Waals surface area contributed by atoms with Crippen molar-refractivity contribution in [2.24, 2.45) is 11.7 Å². The number of carbonyl (C=O) groups is 3. The van der Waals surface area contributed by atoms with Gasteiger partial charge in [-0.05, 0) is 54.8 Å². The number of rotatable bonds is 5. The van der Waals surface area contributed by atoms with E-state index in [4.69, 9.17) is 5.73 Å². The number of thioether (sulfide) groups is 1. The molecule has 3 aromatic rings. The monoisotopic (exact) mass is 515 g/mol. The molecule has 0 radical (unpaired) electrons. The third-order valence-electron chi connectivity index (χ3n) is 6.76. The van der Waals surface area contributed by atoms with Gasteiger partial charge >= 0.3 is 0 Å². The SMILES string of the molecule is NC(=O)C1CCN(C(=O)c2ccc(C=C3Sc4ccccc4N(Cc4ccccc4F)C3=O)cc2)CC1. The van der Waals surface area contributed by atoms with Crippen LogP contribution in [0, 0.1) is 11.7 Å².